The number of alkyl halides is 1. The molecule has 1 fully saturated rings. The molecule has 0 saturated heterocycles. The number of halogens is 1. The molecule has 2 heterocycles. The average molecular weight is 466 g/mol. The molecule has 6 nitrogen and oxygen atoms in total. The predicted octanol–water partition coefficient (Wildman–Crippen LogP) is 5.86. The Morgan fingerprint density at radius 3 is 2.77 bits per heavy atom. The fraction of sp³-hybridized carbons (Fsp3) is 0.652. The number of fused-ring (bicyclic) bond motifs is 1. The van der Waals surface area contributed by atoms with E-state index in [1.807, 2.05) is 20.0 Å². The van der Waals surface area contributed by atoms with Gasteiger partial charge in [0.2, 0.25) is 0 Å². The molecule has 3 rings (SSSR count). The summed E-state index contributed by atoms with van der Waals surface area (Å²) < 4.78 is 13.6. The quantitative estimate of drug-likeness (QED) is 0.286. The molecule has 1 amide bonds. The fourth-order valence-corrected chi connectivity index (χ4v) is 4.98. The van der Waals surface area contributed by atoms with E-state index >= 15 is 0 Å². The van der Waals surface area contributed by atoms with Crippen molar-refractivity contribution in [1.29, 1.82) is 0 Å². The summed E-state index contributed by atoms with van der Waals surface area (Å²) in [5.74, 6) is 0.775. The third kappa shape index (κ3) is 6.70. The summed E-state index contributed by atoms with van der Waals surface area (Å²) in [4.78, 5) is 16.7. The van der Waals surface area contributed by atoms with Gasteiger partial charge in [-0.25, -0.2) is 9.78 Å². The average Bonchev–Trinajstić information content (AvgIpc) is 3.27. The van der Waals surface area contributed by atoms with E-state index in [1.165, 1.54) is 5.56 Å². The summed E-state index contributed by atoms with van der Waals surface area (Å²) in [5, 5.41) is 3.88. The molecule has 2 atom stereocenters. The number of hydrogen-bond donors (Lipinski definition) is 1. The lowest BCUT2D eigenvalue weighted by molar-refractivity contribution is 0.0885. The number of rotatable bonds is 9. The van der Waals surface area contributed by atoms with Gasteiger partial charge in [-0.15, -0.1) is 11.6 Å². The van der Waals surface area contributed by atoms with Crippen molar-refractivity contribution in [2.75, 3.05) is 6.61 Å². The predicted molar refractivity (Wildman–Crippen MR) is 129 cm³/mol. The van der Waals surface area contributed by atoms with Gasteiger partial charge in [-0.05, 0) is 62.8 Å². The number of nitrogens with one attached hydrogen (secondary N) is 1. The first-order valence-corrected chi connectivity index (χ1v) is 15.5. The van der Waals surface area contributed by atoms with Gasteiger partial charge in [0, 0.05) is 38.0 Å². The number of aromatic nitrogens is 2. The van der Waals surface area contributed by atoms with Gasteiger partial charge in [-0.3, -0.25) is 0 Å². The monoisotopic (exact) mass is 465 g/mol. The van der Waals surface area contributed by atoms with Crippen molar-refractivity contribution in [3.63, 3.8) is 0 Å². The summed E-state index contributed by atoms with van der Waals surface area (Å²) in [5.41, 5.74) is 3.13. The van der Waals surface area contributed by atoms with E-state index in [4.69, 9.17) is 26.1 Å². The van der Waals surface area contributed by atoms with Crippen LogP contribution in [0.15, 0.2) is 18.3 Å². The van der Waals surface area contributed by atoms with E-state index in [0.29, 0.717) is 18.5 Å². The van der Waals surface area contributed by atoms with E-state index in [1.54, 1.807) is 0 Å². The van der Waals surface area contributed by atoms with Crippen LogP contribution in [0.3, 0.4) is 0 Å². The van der Waals surface area contributed by atoms with Gasteiger partial charge < -0.3 is 19.4 Å². The number of nitrogens with zero attached hydrogens (tertiary/aromatic N) is 2. The maximum Gasteiger partial charge on any atom is 0.407 e. The molecule has 0 bridgehead atoms. The SMILES string of the molecule is CC(C)NC(=O)O[C@@H]1CC[C@H](c2cnc3c(c2)cc(CCl)n3COCC[Si](C)(C)C)C1. The van der Waals surface area contributed by atoms with E-state index in [2.05, 4.69) is 41.7 Å². The molecule has 31 heavy (non-hydrogen) atoms. The van der Waals surface area contributed by atoms with Gasteiger partial charge in [0.05, 0.1) is 5.88 Å². The molecule has 1 aliphatic rings. The van der Waals surface area contributed by atoms with Crippen molar-refractivity contribution < 1.29 is 14.3 Å². The topological polar surface area (TPSA) is 65.4 Å². The summed E-state index contributed by atoms with van der Waals surface area (Å²) in [7, 11) is -1.11. The van der Waals surface area contributed by atoms with Crippen molar-refractivity contribution in [1.82, 2.24) is 14.9 Å². The number of ether oxygens (including phenoxy) is 2. The molecule has 2 aromatic heterocycles. The summed E-state index contributed by atoms with van der Waals surface area (Å²) in [6, 6.07) is 5.54. The third-order valence-corrected chi connectivity index (χ3v) is 7.71. The Morgan fingerprint density at radius 2 is 2.10 bits per heavy atom. The number of carbonyl (C=O) groups is 1. The molecule has 8 heteroatoms. The molecule has 0 aliphatic heterocycles. The minimum Gasteiger partial charge on any atom is -0.446 e. The molecule has 2 aromatic rings. The molecule has 1 N–H and O–H groups in total. The first-order valence-electron chi connectivity index (χ1n) is 11.2. The molecule has 172 valence electrons. The van der Waals surface area contributed by atoms with Crippen LogP contribution in [-0.4, -0.2) is 42.5 Å². The summed E-state index contributed by atoms with van der Waals surface area (Å²) >= 11 is 6.21. The number of amides is 1. The highest BCUT2D eigenvalue weighted by Gasteiger charge is 2.29. The lowest BCUT2D eigenvalue weighted by Crippen LogP contribution is -2.33. The van der Waals surface area contributed by atoms with Crippen molar-refractivity contribution in [3.8, 4) is 0 Å². The smallest absolute Gasteiger partial charge is 0.407 e. The second kappa shape index (κ2) is 10.4. The Hall–Kier alpha value is -1.57. The normalized spacial score (nSPS) is 19.3. The maximum absolute atomic E-state index is 11.9. The highest BCUT2D eigenvalue weighted by atomic mass is 35.5. The summed E-state index contributed by atoms with van der Waals surface area (Å²) in [6.45, 7) is 12.2. The van der Waals surface area contributed by atoms with Crippen LogP contribution in [0, 0.1) is 0 Å². The van der Waals surface area contributed by atoms with E-state index in [-0.39, 0.29) is 18.2 Å². The first-order chi connectivity index (χ1) is 14.7. The van der Waals surface area contributed by atoms with Crippen LogP contribution in [0.4, 0.5) is 4.79 Å². The van der Waals surface area contributed by atoms with Crippen molar-refractivity contribution >= 4 is 36.8 Å². The Morgan fingerprint density at radius 1 is 1.32 bits per heavy atom. The molecular formula is C23H36ClN3O3Si. The molecule has 1 aliphatic carbocycles. The van der Waals surface area contributed by atoms with Gasteiger partial charge >= 0.3 is 6.09 Å². The van der Waals surface area contributed by atoms with Crippen molar-refractivity contribution in [2.45, 2.75) is 89.5 Å². The molecule has 0 aromatic carbocycles. The standard InChI is InChI=1S/C23H36ClN3O3Si/c1-16(2)26-23(28)30-21-7-6-17(12-21)19-10-18-11-20(13-24)27(22(18)25-14-19)15-29-8-9-31(3,4)5/h10-11,14,16-17,21H,6-9,12-13,15H2,1-5H3,(H,26,28)/t17-,21+/m0/s1. The van der Waals surface area contributed by atoms with Crippen LogP contribution in [0.2, 0.25) is 25.7 Å². The van der Waals surface area contributed by atoms with Gasteiger partial charge in [0.25, 0.3) is 0 Å². The van der Waals surface area contributed by atoms with Crippen molar-refractivity contribution in [2.24, 2.45) is 0 Å². The molecular weight excluding hydrogens is 430 g/mol. The van der Waals surface area contributed by atoms with Crippen LogP contribution in [0.1, 0.15) is 50.3 Å². The van der Waals surface area contributed by atoms with Gasteiger partial charge in [0.1, 0.15) is 18.5 Å². The van der Waals surface area contributed by atoms with Crippen LogP contribution in [0.5, 0.6) is 0 Å². The second-order valence-corrected chi connectivity index (χ2v) is 16.0. The zero-order chi connectivity index (χ0) is 22.6. The molecule has 0 radical (unpaired) electrons. The number of hydrogen-bond acceptors (Lipinski definition) is 4. The van der Waals surface area contributed by atoms with Gasteiger partial charge in [-0.2, -0.15) is 0 Å². The first kappa shape index (κ1) is 24.1. The van der Waals surface area contributed by atoms with E-state index < -0.39 is 8.07 Å². The molecule has 0 unspecified atom stereocenters. The van der Waals surface area contributed by atoms with E-state index in [0.717, 1.165) is 48.6 Å². The van der Waals surface area contributed by atoms with Crippen LogP contribution in [-0.2, 0) is 22.1 Å². The highest BCUT2D eigenvalue weighted by Crippen LogP contribution is 2.37. The van der Waals surface area contributed by atoms with Crippen LogP contribution in [0.25, 0.3) is 11.0 Å². The zero-order valence-electron chi connectivity index (χ0n) is 19.4. The fourth-order valence-electron chi connectivity index (χ4n) is 4.00. The maximum atomic E-state index is 11.9. The number of alkyl carbamates (subject to hydrolysis) is 1. The van der Waals surface area contributed by atoms with Crippen molar-refractivity contribution in [3.05, 3.63) is 29.6 Å². The second-order valence-electron chi connectivity index (χ2n) is 10.1. The minimum atomic E-state index is -1.11. The Labute approximate surface area is 191 Å². The largest absolute Gasteiger partial charge is 0.446 e. The van der Waals surface area contributed by atoms with Gasteiger partial charge in [-0.1, -0.05) is 19.6 Å². The lowest BCUT2D eigenvalue weighted by atomic mass is 9.99. The third-order valence-electron chi connectivity index (χ3n) is 5.73. The molecule has 1 saturated carbocycles. The summed E-state index contributed by atoms with van der Waals surface area (Å²) in [6.07, 6.45) is 4.30. The van der Waals surface area contributed by atoms with Gasteiger partial charge in [0.15, 0.2) is 0 Å². The minimum absolute atomic E-state index is 0.0396. The van der Waals surface area contributed by atoms with Crippen LogP contribution >= 0.6 is 11.6 Å². The lowest BCUT2D eigenvalue weighted by Gasteiger charge is -2.16. The Bertz CT molecular complexity index is 894. The molecule has 0 spiro atoms. The van der Waals surface area contributed by atoms with Crippen LogP contribution < -0.4 is 5.32 Å². The Balaban J connectivity index is 1.66. The highest BCUT2D eigenvalue weighted by molar-refractivity contribution is 6.76. The zero-order valence-corrected chi connectivity index (χ0v) is 21.2. The Kier molecular flexibility index (Phi) is 8.05. The number of pyridine rings is 1. The number of carbonyl (C=O) groups excluding carboxylic acids is 1. The van der Waals surface area contributed by atoms with E-state index in [9.17, 15) is 4.79 Å².